The Morgan fingerprint density at radius 2 is 1.17 bits per heavy atom. The molecule has 0 heterocycles. The van der Waals surface area contributed by atoms with Crippen LogP contribution in [0.2, 0.25) is 0 Å². The first-order valence-corrected chi connectivity index (χ1v) is 9.04. The van der Waals surface area contributed by atoms with Crippen molar-refractivity contribution in [3.05, 3.63) is 46.6 Å². The van der Waals surface area contributed by atoms with E-state index < -0.39 is 0 Å². The maximum Gasteiger partial charge on any atom is 2.00 e. The summed E-state index contributed by atoms with van der Waals surface area (Å²) in [6.45, 7) is 8.75. The maximum atomic E-state index is 4.25. The van der Waals surface area contributed by atoms with Crippen LogP contribution in [0.5, 0.6) is 0 Å². The van der Waals surface area contributed by atoms with Crippen molar-refractivity contribution in [2.75, 3.05) is 14.2 Å². The molecule has 24 heavy (non-hydrogen) atoms. The summed E-state index contributed by atoms with van der Waals surface area (Å²) in [4.78, 5) is 0. The van der Waals surface area contributed by atoms with Crippen LogP contribution in [-0.4, -0.2) is 14.2 Å². The van der Waals surface area contributed by atoms with Crippen molar-refractivity contribution in [2.45, 2.75) is 79.1 Å². The van der Waals surface area contributed by atoms with Crippen LogP contribution in [-0.2, 0) is 30.9 Å². The van der Waals surface area contributed by atoms with Gasteiger partial charge in [0.05, 0.1) is 0 Å². The smallest absolute Gasteiger partial charge is 0.388 e. The largest absolute Gasteiger partial charge is 2.00 e. The Bertz CT molecular complexity index is 387. The van der Waals surface area contributed by atoms with Gasteiger partial charge in [0, 0.05) is 14.2 Å². The predicted molar refractivity (Wildman–Crippen MR) is 102 cm³/mol. The number of rotatable bonds is 6. The van der Waals surface area contributed by atoms with E-state index in [0.29, 0.717) is 0 Å². The van der Waals surface area contributed by atoms with Crippen molar-refractivity contribution >= 4 is 0 Å². The summed E-state index contributed by atoms with van der Waals surface area (Å²) in [6, 6.07) is 0. The molecule has 0 aliphatic heterocycles. The van der Waals surface area contributed by atoms with E-state index in [1.807, 2.05) is 0 Å². The Labute approximate surface area is 170 Å². The fraction of sp³-hybridized carbons (Fsp3) is 0.636. The molecule has 134 valence electrons. The molecule has 0 spiro atoms. The number of unbranched alkanes of at least 4 members (excludes halogenated alkanes) is 2. The van der Waals surface area contributed by atoms with Gasteiger partial charge in [-0.15, -0.1) is 0 Å². The zero-order chi connectivity index (χ0) is 17.5. The van der Waals surface area contributed by atoms with E-state index >= 15 is 0 Å². The van der Waals surface area contributed by atoms with Crippen molar-refractivity contribution < 1.29 is 30.9 Å². The van der Waals surface area contributed by atoms with Crippen molar-refractivity contribution in [3.8, 4) is 0 Å². The average Bonchev–Trinajstić information content (AvgIpc) is 3.13. The average molecular weight is 408 g/mol. The molecule has 0 saturated carbocycles. The molecule has 2 aliphatic carbocycles. The molecule has 0 atom stereocenters. The van der Waals surface area contributed by atoms with Gasteiger partial charge in [-0.1, -0.05) is 79.1 Å². The van der Waals surface area contributed by atoms with Crippen LogP contribution < -0.4 is 0 Å². The zero-order valence-electron chi connectivity index (χ0n) is 16.7. The first kappa shape index (κ1) is 26.0. The Kier molecular flexibility index (Phi) is 19.1. The van der Waals surface area contributed by atoms with Crippen molar-refractivity contribution in [3.63, 3.8) is 0 Å². The second-order valence-electron chi connectivity index (χ2n) is 6.29. The molecule has 0 aromatic carbocycles. The second kappa shape index (κ2) is 17.6. The molecule has 2 heteroatoms. The minimum absolute atomic E-state index is 0. The summed E-state index contributed by atoms with van der Waals surface area (Å²) in [5.74, 6) is 0. The van der Waals surface area contributed by atoms with E-state index in [1.165, 1.54) is 60.8 Å². The molecular formula is C22H36OZr. The molecule has 0 aromatic heterocycles. The van der Waals surface area contributed by atoms with Gasteiger partial charge in [-0.25, -0.2) is 35.5 Å². The van der Waals surface area contributed by atoms with Gasteiger partial charge in [0.15, 0.2) is 0 Å². The minimum Gasteiger partial charge on any atom is -0.388 e. The van der Waals surface area contributed by atoms with E-state index in [2.05, 4.69) is 56.7 Å². The van der Waals surface area contributed by atoms with Gasteiger partial charge in [-0.3, -0.25) is 0 Å². The summed E-state index contributed by atoms with van der Waals surface area (Å²) >= 11 is 0. The molecule has 0 N–H and O–H groups in total. The van der Waals surface area contributed by atoms with Gasteiger partial charge in [0.1, 0.15) is 0 Å². The first-order chi connectivity index (χ1) is 11.1. The third-order valence-electron chi connectivity index (χ3n) is 3.66. The number of hydrogen-bond acceptors (Lipinski definition) is 1. The molecule has 0 radical (unpaired) electrons. The Hall–Kier alpha value is -0.197. The molecule has 1 nitrogen and oxygen atoms in total. The van der Waals surface area contributed by atoms with E-state index in [9.17, 15) is 0 Å². The molecule has 0 bridgehead atoms. The topological polar surface area (TPSA) is 9.23 Å². The normalized spacial score (nSPS) is 14.9. The third-order valence-corrected chi connectivity index (χ3v) is 3.66. The Balaban J connectivity index is 0. The van der Waals surface area contributed by atoms with Gasteiger partial charge in [-0.05, 0) is 0 Å². The second-order valence-corrected chi connectivity index (χ2v) is 6.29. The number of hydrogen-bond donors (Lipinski definition) is 0. The van der Waals surface area contributed by atoms with Gasteiger partial charge < -0.3 is 4.74 Å². The predicted octanol–water partition coefficient (Wildman–Crippen LogP) is 6.77. The summed E-state index contributed by atoms with van der Waals surface area (Å²) < 4.78 is 4.25. The molecule has 2 aliphatic rings. The Morgan fingerprint density at radius 3 is 1.38 bits per heavy atom. The van der Waals surface area contributed by atoms with Crippen molar-refractivity contribution in [1.82, 2.24) is 0 Å². The quantitative estimate of drug-likeness (QED) is 0.441. The summed E-state index contributed by atoms with van der Waals surface area (Å²) in [6.07, 6.45) is 21.3. The first-order valence-electron chi connectivity index (χ1n) is 9.04. The number of ether oxygens (including phenoxy) is 1. The standard InChI is InChI=1S/2C10H15.C2H6O.Zr/c2*1-3-4-5-10-7-6-9(2)8-10;1-3-2;/h2*7H,3-6H2,1-2H3;1-2H3;/q2*-1;;+2. The van der Waals surface area contributed by atoms with Crippen LogP contribution in [0.25, 0.3) is 0 Å². The van der Waals surface area contributed by atoms with E-state index in [4.69, 9.17) is 0 Å². The van der Waals surface area contributed by atoms with Crippen LogP contribution in [0.4, 0.5) is 0 Å². The van der Waals surface area contributed by atoms with E-state index in [1.54, 1.807) is 14.2 Å². The number of allylic oxidation sites excluding steroid dienone is 8. The van der Waals surface area contributed by atoms with Crippen LogP contribution in [0.15, 0.2) is 34.4 Å². The fourth-order valence-corrected chi connectivity index (χ4v) is 2.37. The van der Waals surface area contributed by atoms with Crippen LogP contribution in [0.1, 0.15) is 79.1 Å². The third kappa shape index (κ3) is 14.2. The van der Waals surface area contributed by atoms with E-state index in [0.717, 1.165) is 12.8 Å². The monoisotopic (exact) mass is 406 g/mol. The minimum atomic E-state index is 0. The molecule has 0 saturated heterocycles. The molecule has 0 fully saturated rings. The summed E-state index contributed by atoms with van der Waals surface area (Å²) in [7, 11) is 3.25. The van der Waals surface area contributed by atoms with Gasteiger partial charge in [0.2, 0.25) is 0 Å². The Morgan fingerprint density at radius 1 is 0.833 bits per heavy atom. The zero-order valence-corrected chi connectivity index (χ0v) is 19.2. The van der Waals surface area contributed by atoms with Gasteiger partial charge in [0.25, 0.3) is 0 Å². The van der Waals surface area contributed by atoms with E-state index in [-0.39, 0.29) is 26.2 Å². The SMILES string of the molecule is CCCCC1=CCC(C)=[C-]1.CCCCC1=CCC(C)=[C-]1.COC.[Zr+2]. The molecule has 0 amide bonds. The fourth-order valence-electron chi connectivity index (χ4n) is 2.37. The molecule has 0 unspecified atom stereocenters. The molecule has 0 aromatic rings. The van der Waals surface area contributed by atoms with Gasteiger partial charge >= 0.3 is 26.2 Å². The maximum absolute atomic E-state index is 4.25. The summed E-state index contributed by atoms with van der Waals surface area (Å²) in [5.41, 5.74) is 5.65. The van der Waals surface area contributed by atoms with Crippen LogP contribution in [0, 0.1) is 12.2 Å². The summed E-state index contributed by atoms with van der Waals surface area (Å²) in [5, 5.41) is 0. The number of methoxy groups -OCH3 is 1. The molecular weight excluding hydrogens is 371 g/mol. The van der Waals surface area contributed by atoms with Crippen molar-refractivity contribution in [1.29, 1.82) is 0 Å². The van der Waals surface area contributed by atoms with Gasteiger partial charge in [-0.2, -0.15) is 11.1 Å². The van der Waals surface area contributed by atoms with Crippen molar-refractivity contribution in [2.24, 2.45) is 0 Å². The molecule has 2 rings (SSSR count). The van der Waals surface area contributed by atoms with Crippen LogP contribution >= 0.6 is 0 Å². The van der Waals surface area contributed by atoms with Crippen LogP contribution in [0.3, 0.4) is 0 Å².